The molecular formula is C16H12ClNS2. The first kappa shape index (κ1) is 13.7. The molecule has 0 amide bonds. The van der Waals surface area contributed by atoms with E-state index in [1.54, 1.807) is 23.1 Å². The summed E-state index contributed by atoms with van der Waals surface area (Å²) in [6, 6.07) is 16.3. The summed E-state index contributed by atoms with van der Waals surface area (Å²) < 4.78 is 0. The topological polar surface area (TPSA) is 12.9 Å². The summed E-state index contributed by atoms with van der Waals surface area (Å²) in [5.41, 5.74) is 2.43. The predicted octanol–water partition coefficient (Wildman–Crippen LogP) is 5.92. The van der Waals surface area contributed by atoms with Crippen LogP contribution in [0.5, 0.6) is 0 Å². The molecule has 0 aliphatic rings. The van der Waals surface area contributed by atoms with Crippen LogP contribution in [0.3, 0.4) is 0 Å². The van der Waals surface area contributed by atoms with Gasteiger partial charge < -0.3 is 0 Å². The van der Waals surface area contributed by atoms with Crippen molar-refractivity contribution in [3.63, 3.8) is 0 Å². The Morgan fingerprint density at radius 1 is 1.00 bits per heavy atom. The quantitative estimate of drug-likeness (QED) is 0.594. The van der Waals surface area contributed by atoms with Gasteiger partial charge in [-0.2, -0.15) is 0 Å². The second-order valence-corrected chi connectivity index (χ2v) is 6.80. The van der Waals surface area contributed by atoms with Crippen LogP contribution in [0.2, 0.25) is 5.02 Å². The van der Waals surface area contributed by atoms with Crippen LogP contribution >= 0.6 is 34.7 Å². The molecule has 0 fully saturated rings. The molecule has 0 aliphatic heterocycles. The molecule has 3 aromatic rings. The standard InChI is InChI=1S/C16H12ClNS2/c1-11-2-4-12(5-3-11)16-18-15(10-19-16)20-14-8-6-13(17)7-9-14/h2-10H,1H3. The number of hydrogen-bond donors (Lipinski definition) is 0. The second kappa shape index (κ2) is 6.00. The van der Waals surface area contributed by atoms with Crippen LogP contribution in [0, 0.1) is 6.92 Å². The molecule has 3 rings (SSSR count). The minimum atomic E-state index is 0.757. The van der Waals surface area contributed by atoms with Crippen molar-refractivity contribution in [2.24, 2.45) is 0 Å². The van der Waals surface area contributed by atoms with E-state index in [9.17, 15) is 0 Å². The normalized spacial score (nSPS) is 10.7. The maximum absolute atomic E-state index is 5.89. The molecule has 20 heavy (non-hydrogen) atoms. The summed E-state index contributed by atoms with van der Waals surface area (Å²) >= 11 is 9.22. The van der Waals surface area contributed by atoms with E-state index in [0.717, 1.165) is 20.0 Å². The fraction of sp³-hybridized carbons (Fsp3) is 0.0625. The van der Waals surface area contributed by atoms with Gasteiger partial charge in [0.15, 0.2) is 0 Å². The van der Waals surface area contributed by atoms with E-state index in [1.807, 2.05) is 24.3 Å². The smallest absolute Gasteiger partial charge is 0.124 e. The molecule has 0 atom stereocenters. The molecule has 1 heterocycles. The molecule has 0 N–H and O–H groups in total. The first-order valence-electron chi connectivity index (χ1n) is 6.17. The Morgan fingerprint density at radius 3 is 2.40 bits per heavy atom. The number of aromatic nitrogens is 1. The molecule has 0 aliphatic carbocycles. The first-order valence-corrected chi connectivity index (χ1v) is 8.24. The van der Waals surface area contributed by atoms with Crippen LogP contribution in [-0.4, -0.2) is 4.98 Å². The van der Waals surface area contributed by atoms with E-state index >= 15 is 0 Å². The number of hydrogen-bond acceptors (Lipinski definition) is 3. The van der Waals surface area contributed by atoms with Crippen molar-refractivity contribution in [1.29, 1.82) is 0 Å². The van der Waals surface area contributed by atoms with Crippen LogP contribution < -0.4 is 0 Å². The highest BCUT2D eigenvalue weighted by molar-refractivity contribution is 7.99. The van der Waals surface area contributed by atoms with E-state index in [-0.39, 0.29) is 0 Å². The third kappa shape index (κ3) is 3.23. The van der Waals surface area contributed by atoms with Crippen molar-refractivity contribution in [2.45, 2.75) is 16.8 Å². The molecule has 0 radical (unpaired) electrons. The Balaban J connectivity index is 1.80. The highest BCUT2D eigenvalue weighted by Gasteiger charge is 2.06. The Hall–Kier alpha value is -1.29. The van der Waals surface area contributed by atoms with Crippen molar-refractivity contribution < 1.29 is 0 Å². The minimum absolute atomic E-state index is 0.757. The van der Waals surface area contributed by atoms with Gasteiger partial charge in [0.1, 0.15) is 10.0 Å². The Kier molecular flexibility index (Phi) is 4.10. The van der Waals surface area contributed by atoms with Crippen molar-refractivity contribution in [2.75, 3.05) is 0 Å². The lowest BCUT2D eigenvalue weighted by atomic mass is 10.2. The van der Waals surface area contributed by atoms with Crippen molar-refractivity contribution in [1.82, 2.24) is 4.98 Å². The molecule has 1 nitrogen and oxygen atoms in total. The van der Waals surface area contributed by atoms with E-state index in [1.165, 1.54) is 11.1 Å². The SMILES string of the molecule is Cc1ccc(-c2nc(Sc3ccc(Cl)cc3)cs2)cc1. The number of benzene rings is 2. The predicted molar refractivity (Wildman–Crippen MR) is 87.9 cm³/mol. The van der Waals surface area contributed by atoms with Gasteiger partial charge in [-0.1, -0.05) is 53.2 Å². The van der Waals surface area contributed by atoms with Gasteiger partial charge in [-0.25, -0.2) is 4.98 Å². The minimum Gasteiger partial charge on any atom is -0.229 e. The Morgan fingerprint density at radius 2 is 1.70 bits per heavy atom. The monoisotopic (exact) mass is 317 g/mol. The van der Waals surface area contributed by atoms with Crippen molar-refractivity contribution >= 4 is 34.7 Å². The highest BCUT2D eigenvalue weighted by Crippen LogP contribution is 2.33. The molecule has 0 saturated heterocycles. The van der Waals surface area contributed by atoms with Crippen LogP contribution in [0.1, 0.15) is 5.56 Å². The number of halogens is 1. The van der Waals surface area contributed by atoms with Crippen LogP contribution in [0.4, 0.5) is 0 Å². The lowest BCUT2D eigenvalue weighted by Crippen LogP contribution is -1.78. The zero-order valence-corrected chi connectivity index (χ0v) is 13.2. The molecule has 4 heteroatoms. The first-order chi connectivity index (χ1) is 9.70. The van der Waals surface area contributed by atoms with Gasteiger partial charge in [-0.15, -0.1) is 11.3 Å². The lowest BCUT2D eigenvalue weighted by molar-refractivity contribution is 1.20. The van der Waals surface area contributed by atoms with Gasteiger partial charge in [-0.3, -0.25) is 0 Å². The molecule has 0 saturated carbocycles. The Labute approximate surface area is 131 Å². The fourth-order valence-electron chi connectivity index (χ4n) is 1.76. The van der Waals surface area contributed by atoms with Gasteiger partial charge in [0.25, 0.3) is 0 Å². The van der Waals surface area contributed by atoms with Gasteiger partial charge in [0.2, 0.25) is 0 Å². The zero-order valence-electron chi connectivity index (χ0n) is 10.8. The molecule has 1 aromatic heterocycles. The molecular weight excluding hydrogens is 306 g/mol. The van der Waals surface area contributed by atoms with E-state index < -0.39 is 0 Å². The molecule has 0 unspecified atom stereocenters. The van der Waals surface area contributed by atoms with Crippen LogP contribution in [0.15, 0.2) is 63.8 Å². The van der Waals surface area contributed by atoms with Gasteiger partial charge >= 0.3 is 0 Å². The maximum atomic E-state index is 5.89. The number of rotatable bonds is 3. The zero-order chi connectivity index (χ0) is 13.9. The number of aryl methyl sites for hydroxylation is 1. The van der Waals surface area contributed by atoms with Crippen LogP contribution in [0.25, 0.3) is 10.6 Å². The summed E-state index contributed by atoms with van der Waals surface area (Å²) in [6.07, 6.45) is 0. The molecule has 0 spiro atoms. The van der Waals surface area contributed by atoms with Crippen molar-refractivity contribution in [3.8, 4) is 10.6 Å². The summed E-state index contributed by atoms with van der Waals surface area (Å²) in [5.74, 6) is 0. The second-order valence-electron chi connectivity index (χ2n) is 4.41. The largest absolute Gasteiger partial charge is 0.229 e. The molecule has 100 valence electrons. The summed E-state index contributed by atoms with van der Waals surface area (Å²) in [4.78, 5) is 5.82. The van der Waals surface area contributed by atoms with Crippen LogP contribution in [-0.2, 0) is 0 Å². The Bertz CT molecular complexity index is 702. The lowest BCUT2D eigenvalue weighted by Gasteiger charge is -1.98. The van der Waals surface area contributed by atoms with E-state index in [0.29, 0.717) is 0 Å². The van der Waals surface area contributed by atoms with Gasteiger partial charge in [-0.05, 0) is 31.2 Å². The number of nitrogens with zero attached hydrogens (tertiary/aromatic N) is 1. The highest BCUT2D eigenvalue weighted by atomic mass is 35.5. The third-order valence-corrected chi connectivity index (χ3v) is 5.04. The van der Waals surface area contributed by atoms with Crippen molar-refractivity contribution in [3.05, 3.63) is 64.5 Å². The summed E-state index contributed by atoms with van der Waals surface area (Å²) in [6.45, 7) is 2.09. The van der Waals surface area contributed by atoms with E-state index in [4.69, 9.17) is 11.6 Å². The average Bonchev–Trinajstić information content (AvgIpc) is 2.91. The summed E-state index contributed by atoms with van der Waals surface area (Å²) in [5, 5.41) is 4.93. The fourth-order valence-corrected chi connectivity index (χ4v) is 3.62. The van der Waals surface area contributed by atoms with E-state index in [2.05, 4.69) is 41.6 Å². The average molecular weight is 318 g/mol. The summed E-state index contributed by atoms with van der Waals surface area (Å²) in [7, 11) is 0. The van der Waals surface area contributed by atoms with Gasteiger partial charge in [0.05, 0.1) is 0 Å². The number of thiazole rings is 1. The molecule has 2 aromatic carbocycles. The maximum Gasteiger partial charge on any atom is 0.124 e. The van der Waals surface area contributed by atoms with Gasteiger partial charge in [0, 0.05) is 20.9 Å². The molecule has 0 bridgehead atoms. The third-order valence-electron chi connectivity index (χ3n) is 2.82.